The molecule has 0 saturated carbocycles. The zero-order valence-corrected chi connectivity index (χ0v) is 19.4. The first-order valence-electron chi connectivity index (χ1n) is 9.76. The van der Waals surface area contributed by atoms with Crippen molar-refractivity contribution in [3.05, 3.63) is 82.9 Å². The molecule has 0 radical (unpaired) electrons. The van der Waals surface area contributed by atoms with Crippen LogP contribution in [-0.4, -0.2) is 34.3 Å². The van der Waals surface area contributed by atoms with E-state index in [1.54, 1.807) is 30.3 Å². The zero-order chi connectivity index (χ0) is 23.8. The van der Waals surface area contributed by atoms with Crippen molar-refractivity contribution in [2.45, 2.75) is 11.8 Å². The Labute approximate surface area is 196 Å². The molecule has 0 unspecified atom stereocenters. The predicted molar refractivity (Wildman–Crippen MR) is 125 cm³/mol. The average Bonchev–Trinajstić information content (AvgIpc) is 2.79. The number of benzene rings is 3. The number of methoxy groups -OCH3 is 1. The van der Waals surface area contributed by atoms with E-state index in [0.717, 1.165) is 0 Å². The third-order valence-corrected chi connectivity index (χ3v) is 5.79. The van der Waals surface area contributed by atoms with E-state index in [2.05, 4.69) is 10.5 Å². The van der Waals surface area contributed by atoms with Crippen molar-refractivity contribution in [3.8, 4) is 17.2 Å². The minimum Gasteiger partial charge on any atom is -0.493 e. The van der Waals surface area contributed by atoms with Gasteiger partial charge in [-0.15, -0.1) is 0 Å². The number of hydrogen-bond donors (Lipinski definition) is 1. The second-order valence-corrected chi connectivity index (χ2v) is 8.54. The number of carbonyl (C=O) groups is 1. The third kappa shape index (κ3) is 6.47. The summed E-state index contributed by atoms with van der Waals surface area (Å²) in [7, 11) is -2.54. The summed E-state index contributed by atoms with van der Waals surface area (Å²) >= 11 is 5.80. The number of halogens is 1. The maximum Gasteiger partial charge on any atom is 0.339 e. The fraction of sp³-hybridized carbons (Fsp3) is 0.130. The highest BCUT2D eigenvalue weighted by molar-refractivity contribution is 7.87. The lowest BCUT2D eigenvalue weighted by Gasteiger charge is -2.10. The summed E-state index contributed by atoms with van der Waals surface area (Å²) in [5.74, 6) is 0.604. The van der Waals surface area contributed by atoms with E-state index in [4.69, 9.17) is 25.3 Å². The van der Waals surface area contributed by atoms with Gasteiger partial charge in [-0.2, -0.15) is 13.5 Å². The molecule has 0 aliphatic heterocycles. The Bertz CT molecular complexity index is 1260. The highest BCUT2D eigenvalue weighted by Crippen LogP contribution is 2.28. The van der Waals surface area contributed by atoms with Crippen molar-refractivity contribution in [3.63, 3.8) is 0 Å². The average molecular weight is 489 g/mol. The molecule has 0 atom stereocenters. The summed E-state index contributed by atoms with van der Waals surface area (Å²) in [5, 5.41) is 4.34. The Hall–Kier alpha value is -3.56. The molecule has 1 amide bonds. The van der Waals surface area contributed by atoms with E-state index >= 15 is 0 Å². The quantitative estimate of drug-likeness (QED) is 0.274. The van der Waals surface area contributed by atoms with E-state index in [1.165, 1.54) is 49.7 Å². The molecular weight excluding hydrogens is 468 g/mol. The molecule has 33 heavy (non-hydrogen) atoms. The van der Waals surface area contributed by atoms with Crippen molar-refractivity contribution >= 4 is 33.8 Å². The van der Waals surface area contributed by atoms with Crippen LogP contribution in [0.25, 0.3) is 0 Å². The molecule has 3 rings (SSSR count). The number of nitrogens with one attached hydrogen (secondary N) is 1. The van der Waals surface area contributed by atoms with Crippen LogP contribution in [0.3, 0.4) is 0 Å². The lowest BCUT2D eigenvalue weighted by atomic mass is 10.2. The molecule has 0 saturated heterocycles. The molecule has 0 bridgehead atoms. The molecule has 8 nitrogen and oxygen atoms in total. The van der Waals surface area contributed by atoms with Crippen LogP contribution < -0.4 is 19.1 Å². The van der Waals surface area contributed by atoms with E-state index < -0.39 is 16.0 Å². The van der Waals surface area contributed by atoms with Gasteiger partial charge in [0.2, 0.25) is 0 Å². The molecule has 0 aliphatic carbocycles. The molecule has 3 aromatic carbocycles. The summed E-state index contributed by atoms with van der Waals surface area (Å²) in [6, 6.07) is 16.7. The highest BCUT2D eigenvalue weighted by atomic mass is 35.5. The molecule has 0 aromatic heterocycles. The van der Waals surface area contributed by atoms with Crippen molar-refractivity contribution < 1.29 is 26.9 Å². The Balaban J connectivity index is 1.67. The Morgan fingerprint density at radius 3 is 2.52 bits per heavy atom. The largest absolute Gasteiger partial charge is 0.493 e. The molecule has 10 heteroatoms. The lowest BCUT2D eigenvalue weighted by molar-refractivity contribution is 0.0954. The number of hydrazone groups is 1. The third-order valence-electron chi connectivity index (χ3n) is 4.27. The van der Waals surface area contributed by atoms with Gasteiger partial charge in [-0.1, -0.05) is 23.7 Å². The van der Waals surface area contributed by atoms with Crippen LogP contribution in [0.4, 0.5) is 0 Å². The van der Waals surface area contributed by atoms with Gasteiger partial charge in [-0.05, 0) is 67.1 Å². The lowest BCUT2D eigenvalue weighted by Crippen LogP contribution is -2.17. The van der Waals surface area contributed by atoms with E-state index in [0.29, 0.717) is 34.3 Å². The first kappa shape index (κ1) is 24.1. The van der Waals surface area contributed by atoms with Crippen LogP contribution >= 0.6 is 11.6 Å². The smallest absolute Gasteiger partial charge is 0.339 e. The molecule has 3 aromatic rings. The van der Waals surface area contributed by atoms with Gasteiger partial charge in [0.15, 0.2) is 11.5 Å². The van der Waals surface area contributed by atoms with Gasteiger partial charge < -0.3 is 13.7 Å². The van der Waals surface area contributed by atoms with Crippen molar-refractivity contribution in [2.75, 3.05) is 13.7 Å². The fourth-order valence-corrected chi connectivity index (χ4v) is 3.78. The molecule has 0 heterocycles. The number of nitrogens with zero attached hydrogens (tertiary/aromatic N) is 1. The summed E-state index contributed by atoms with van der Waals surface area (Å²) in [6.45, 7) is 2.32. The molecule has 172 valence electrons. The Morgan fingerprint density at radius 2 is 1.82 bits per heavy atom. The van der Waals surface area contributed by atoms with Crippen molar-refractivity contribution in [1.82, 2.24) is 5.43 Å². The Kier molecular flexibility index (Phi) is 7.92. The number of rotatable bonds is 9. The van der Waals surface area contributed by atoms with Gasteiger partial charge in [0.05, 0.1) is 19.9 Å². The standard InChI is InChI=1S/C23H21ClN2O6S/c1-3-31-21-12-7-17(14-22(21)30-2)23(27)26-25-15-16-5-4-6-19(13-16)32-33(28,29)20-10-8-18(24)9-11-20/h4-15H,3H2,1-2H3,(H,26,27)/b25-15+. The summed E-state index contributed by atoms with van der Waals surface area (Å²) in [4.78, 5) is 12.3. The number of ether oxygens (including phenoxy) is 2. The normalized spacial score (nSPS) is 11.2. The highest BCUT2D eigenvalue weighted by Gasteiger charge is 2.16. The van der Waals surface area contributed by atoms with Crippen LogP contribution in [0.2, 0.25) is 5.02 Å². The van der Waals surface area contributed by atoms with Crippen LogP contribution in [0.15, 0.2) is 76.7 Å². The topological polar surface area (TPSA) is 103 Å². The second-order valence-electron chi connectivity index (χ2n) is 6.56. The predicted octanol–water partition coefficient (Wildman–Crippen LogP) is 4.28. The van der Waals surface area contributed by atoms with Crippen LogP contribution in [0, 0.1) is 0 Å². The maximum absolute atomic E-state index is 12.4. The van der Waals surface area contributed by atoms with Crippen LogP contribution in [0.5, 0.6) is 17.2 Å². The minimum absolute atomic E-state index is 0.0241. The van der Waals surface area contributed by atoms with Gasteiger partial charge in [0, 0.05) is 10.6 Å². The second kappa shape index (κ2) is 10.8. The number of amides is 1. The van der Waals surface area contributed by atoms with Gasteiger partial charge >= 0.3 is 10.1 Å². The molecule has 0 spiro atoms. The summed E-state index contributed by atoms with van der Waals surface area (Å²) < 4.78 is 40.7. The van der Waals surface area contributed by atoms with Gasteiger partial charge in [0.25, 0.3) is 5.91 Å². The van der Waals surface area contributed by atoms with Crippen LogP contribution in [0.1, 0.15) is 22.8 Å². The van der Waals surface area contributed by atoms with E-state index in [1.807, 2.05) is 6.92 Å². The first-order valence-corrected chi connectivity index (χ1v) is 11.6. The van der Waals surface area contributed by atoms with Gasteiger partial charge in [-0.25, -0.2) is 5.43 Å². The SMILES string of the molecule is CCOc1ccc(C(=O)N/N=C/c2cccc(OS(=O)(=O)c3ccc(Cl)cc3)c2)cc1OC. The Morgan fingerprint density at radius 1 is 1.06 bits per heavy atom. The fourth-order valence-electron chi connectivity index (χ4n) is 2.74. The van der Waals surface area contributed by atoms with E-state index in [9.17, 15) is 13.2 Å². The van der Waals surface area contributed by atoms with E-state index in [-0.39, 0.29) is 10.6 Å². The monoisotopic (exact) mass is 488 g/mol. The zero-order valence-electron chi connectivity index (χ0n) is 17.8. The first-order chi connectivity index (χ1) is 15.8. The molecular formula is C23H21ClN2O6S. The van der Waals surface area contributed by atoms with Crippen molar-refractivity contribution in [1.29, 1.82) is 0 Å². The minimum atomic E-state index is -4.03. The maximum atomic E-state index is 12.4. The van der Waals surface area contributed by atoms with Gasteiger partial charge in [-0.3, -0.25) is 4.79 Å². The molecule has 0 fully saturated rings. The number of carbonyl (C=O) groups excluding carboxylic acids is 1. The summed E-state index contributed by atoms with van der Waals surface area (Å²) in [6.07, 6.45) is 1.37. The molecule has 1 N–H and O–H groups in total. The van der Waals surface area contributed by atoms with Crippen LogP contribution in [-0.2, 0) is 10.1 Å². The van der Waals surface area contributed by atoms with Crippen molar-refractivity contribution in [2.24, 2.45) is 5.10 Å². The number of hydrogen-bond acceptors (Lipinski definition) is 7. The summed E-state index contributed by atoms with van der Waals surface area (Å²) in [5.41, 5.74) is 3.26. The van der Waals surface area contributed by atoms with Gasteiger partial charge in [0.1, 0.15) is 10.6 Å². The molecule has 0 aliphatic rings.